The van der Waals surface area contributed by atoms with Crippen molar-refractivity contribution in [2.75, 3.05) is 37.5 Å². The monoisotopic (exact) mass is 480 g/mol. The smallest absolute Gasteiger partial charge is 0.274 e. The van der Waals surface area contributed by atoms with Gasteiger partial charge in [-0.25, -0.2) is 4.98 Å². The number of nitrogens with zero attached hydrogens (tertiary/aromatic N) is 4. The predicted molar refractivity (Wildman–Crippen MR) is 136 cm³/mol. The van der Waals surface area contributed by atoms with E-state index in [1.54, 1.807) is 18.9 Å². The van der Waals surface area contributed by atoms with Crippen LogP contribution in [0.15, 0.2) is 30.5 Å². The molecule has 1 fully saturated rings. The van der Waals surface area contributed by atoms with Gasteiger partial charge in [0.15, 0.2) is 0 Å². The summed E-state index contributed by atoms with van der Waals surface area (Å²) in [7, 11) is 5.03. The Hall–Kier alpha value is -3.37. The van der Waals surface area contributed by atoms with Crippen molar-refractivity contribution in [2.45, 2.75) is 25.9 Å². The molecule has 2 atom stereocenters. The summed E-state index contributed by atoms with van der Waals surface area (Å²) < 4.78 is 13.6. The average Bonchev–Trinajstić information content (AvgIpc) is 3.39. The molecule has 1 aliphatic rings. The second-order valence-corrected chi connectivity index (χ2v) is 9.70. The summed E-state index contributed by atoms with van der Waals surface area (Å²) >= 11 is 1.46. The summed E-state index contributed by atoms with van der Waals surface area (Å²) in [5.41, 5.74) is 3.58. The van der Waals surface area contributed by atoms with Gasteiger partial charge in [-0.15, -0.1) is 0 Å². The Labute approximate surface area is 201 Å². The number of nitrogens with one attached hydrogen (secondary N) is 2. The first-order valence-electron chi connectivity index (χ1n) is 11.2. The fourth-order valence-electron chi connectivity index (χ4n) is 4.65. The van der Waals surface area contributed by atoms with E-state index in [1.165, 1.54) is 11.3 Å². The molecule has 1 amide bonds. The van der Waals surface area contributed by atoms with Crippen LogP contribution in [0.4, 0.5) is 11.4 Å². The molecule has 2 aromatic carbocycles. The highest BCUT2D eigenvalue weighted by Crippen LogP contribution is 2.38. The molecule has 2 aromatic heterocycles. The van der Waals surface area contributed by atoms with Crippen molar-refractivity contribution in [3.05, 3.63) is 36.0 Å². The maximum Gasteiger partial charge on any atom is 0.274 e. The van der Waals surface area contributed by atoms with E-state index in [-0.39, 0.29) is 5.91 Å². The van der Waals surface area contributed by atoms with Gasteiger partial charge in [0.05, 0.1) is 41.4 Å². The number of aryl methyl sites for hydroxylation is 1. The van der Waals surface area contributed by atoms with Crippen LogP contribution in [0.25, 0.3) is 21.1 Å². The van der Waals surface area contributed by atoms with E-state index in [4.69, 9.17) is 9.47 Å². The summed E-state index contributed by atoms with van der Waals surface area (Å²) in [6.45, 7) is 6.13. The highest BCUT2D eigenvalue weighted by Gasteiger charge is 2.26. The molecular formula is C24H28N6O3S. The lowest BCUT2D eigenvalue weighted by Crippen LogP contribution is -2.54. The minimum atomic E-state index is -0.256. The normalized spacial score (nSPS) is 18.4. The average molecular weight is 481 g/mol. The van der Waals surface area contributed by atoms with Gasteiger partial charge < -0.3 is 25.0 Å². The molecule has 0 aliphatic carbocycles. The lowest BCUT2D eigenvalue weighted by Gasteiger charge is -2.37. The zero-order valence-electron chi connectivity index (χ0n) is 19.9. The van der Waals surface area contributed by atoms with Gasteiger partial charge in [0.2, 0.25) is 0 Å². The first-order valence-corrected chi connectivity index (χ1v) is 12.0. The summed E-state index contributed by atoms with van der Waals surface area (Å²) in [6, 6.07) is 8.29. The number of piperazine rings is 1. The number of carbonyl (C=O) groups is 1. The van der Waals surface area contributed by atoms with Crippen LogP contribution in [0.1, 0.15) is 24.2 Å². The number of aromatic nitrogens is 3. The molecule has 34 heavy (non-hydrogen) atoms. The SMILES string of the molecule is COc1nc2c(C(=O)Nc3cc4cn(C)nc4cc3OC)ccc(N3C[C@H](C)N[C@@H](C)C3)c2s1. The highest BCUT2D eigenvalue weighted by molar-refractivity contribution is 7.21. The Morgan fingerprint density at radius 1 is 1.18 bits per heavy atom. The minimum absolute atomic E-state index is 0.256. The molecule has 1 aliphatic heterocycles. The van der Waals surface area contributed by atoms with E-state index in [9.17, 15) is 4.79 Å². The summed E-state index contributed by atoms with van der Waals surface area (Å²) in [5, 5.41) is 12.4. The van der Waals surface area contributed by atoms with E-state index < -0.39 is 0 Å². The maximum atomic E-state index is 13.4. The predicted octanol–water partition coefficient (Wildman–Crippen LogP) is 3.64. The van der Waals surface area contributed by atoms with E-state index in [0.29, 0.717) is 39.8 Å². The fourth-order valence-corrected chi connectivity index (χ4v) is 5.60. The number of methoxy groups -OCH3 is 2. The molecule has 10 heteroatoms. The van der Waals surface area contributed by atoms with Gasteiger partial charge in [-0.3, -0.25) is 9.48 Å². The van der Waals surface area contributed by atoms with Crippen LogP contribution >= 0.6 is 11.3 Å². The number of amides is 1. The van der Waals surface area contributed by atoms with Crippen LogP contribution in [-0.4, -0.2) is 60.1 Å². The Balaban J connectivity index is 1.53. The van der Waals surface area contributed by atoms with Crippen molar-refractivity contribution in [3.63, 3.8) is 0 Å². The number of rotatable bonds is 5. The van der Waals surface area contributed by atoms with Crippen molar-refractivity contribution >= 4 is 49.7 Å². The van der Waals surface area contributed by atoms with Crippen LogP contribution < -0.4 is 25.0 Å². The Morgan fingerprint density at radius 3 is 2.65 bits per heavy atom. The number of carbonyl (C=O) groups excluding carboxylic acids is 1. The molecule has 5 rings (SSSR count). The summed E-state index contributed by atoms with van der Waals surface area (Å²) in [4.78, 5) is 20.4. The molecule has 0 bridgehead atoms. The van der Waals surface area contributed by atoms with Gasteiger partial charge in [0.1, 0.15) is 11.3 Å². The number of thiazole rings is 1. The van der Waals surface area contributed by atoms with Crippen LogP contribution in [-0.2, 0) is 7.05 Å². The van der Waals surface area contributed by atoms with Gasteiger partial charge in [0.25, 0.3) is 11.1 Å². The Morgan fingerprint density at radius 2 is 1.94 bits per heavy atom. The Kier molecular flexibility index (Phi) is 5.78. The molecule has 0 unspecified atom stereocenters. The molecule has 178 valence electrons. The number of fused-ring (bicyclic) bond motifs is 2. The van der Waals surface area contributed by atoms with E-state index in [0.717, 1.165) is 34.4 Å². The van der Waals surface area contributed by atoms with E-state index >= 15 is 0 Å². The number of hydrogen-bond acceptors (Lipinski definition) is 8. The topological polar surface area (TPSA) is 93.5 Å². The third-order valence-electron chi connectivity index (χ3n) is 6.01. The zero-order chi connectivity index (χ0) is 24.0. The number of hydrogen-bond donors (Lipinski definition) is 2. The van der Waals surface area contributed by atoms with Gasteiger partial charge in [0, 0.05) is 49.9 Å². The maximum absolute atomic E-state index is 13.4. The van der Waals surface area contributed by atoms with Crippen LogP contribution in [0, 0.1) is 0 Å². The number of anilines is 2. The molecule has 9 nitrogen and oxygen atoms in total. The van der Waals surface area contributed by atoms with Crippen LogP contribution in [0.2, 0.25) is 0 Å². The first-order chi connectivity index (χ1) is 16.4. The quantitative estimate of drug-likeness (QED) is 0.450. The first kappa shape index (κ1) is 22.4. The van der Waals surface area contributed by atoms with E-state index in [1.807, 2.05) is 37.5 Å². The highest BCUT2D eigenvalue weighted by atomic mass is 32.1. The molecule has 0 radical (unpaired) electrons. The number of benzene rings is 2. The number of ether oxygens (including phenoxy) is 2. The lowest BCUT2D eigenvalue weighted by molar-refractivity contribution is 0.102. The summed E-state index contributed by atoms with van der Waals surface area (Å²) in [6.07, 6.45) is 1.90. The third-order valence-corrected chi connectivity index (χ3v) is 7.05. The lowest BCUT2D eigenvalue weighted by atomic mass is 10.1. The van der Waals surface area contributed by atoms with Crippen molar-refractivity contribution in [2.24, 2.45) is 7.05 Å². The third kappa shape index (κ3) is 4.03. The van der Waals surface area contributed by atoms with Crippen molar-refractivity contribution in [1.82, 2.24) is 20.1 Å². The van der Waals surface area contributed by atoms with Gasteiger partial charge in [-0.1, -0.05) is 11.3 Å². The van der Waals surface area contributed by atoms with Gasteiger partial charge >= 0.3 is 0 Å². The largest absolute Gasteiger partial charge is 0.494 e. The van der Waals surface area contributed by atoms with Crippen LogP contribution in [0.3, 0.4) is 0 Å². The van der Waals surface area contributed by atoms with Gasteiger partial charge in [-0.2, -0.15) is 5.10 Å². The zero-order valence-corrected chi connectivity index (χ0v) is 20.7. The Bertz CT molecular complexity index is 1370. The molecule has 3 heterocycles. The van der Waals surface area contributed by atoms with Crippen LogP contribution in [0.5, 0.6) is 10.9 Å². The molecule has 1 saturated heterocycles. The van der Waals surface area contributed by atoms with Crippen molar-refractivity contribution in [1.29, 1.82) is 0 Å². The molecular weight excluding hydrogens is 452 g/mol. The van der Waals surface area contributed by atoms with E-state index in [2.05, 4.69) is 39.5 Å². The minimum Gasteiger partial charge on any atom is -0.494 e. The molecule has 0 spiro atoms. The molecule has 4 aromatic rings. The second-order valence-electron chi connectivity index (χ2n) is 8.74. The standard InChI is InChI=1S/C24H28N6O3S/c1-13-10-30(11-14(2)25-13)19-7-6-16(21-22(19)34-24(27-21)33-5)23(31)26-18-8-15-12-29(3)28-17(15)9-20(18)32-4/h6-9,12-14,25H,10-11H2,1-5H3,(H,26,31)/t13-,14-/m0/s1. The fraction of sp³-hybridized carbons (Fsp3) is 0.375. The molecule has 0 saturated carbocycles. The van der Waals surface area contributed by atoms with Gasteiger partial charge in [-0.05, 0) is 32.0 Å². The van der Waals surface area contributed by atoms with Crippen molar-refractivity contribution < 1.29 is 14.3 Å². The van der Waals surface area contributed by atoms with Crippen molar-refractivity contribution in [3.8, 4) is 10.9 Å². The molecule has 2 N–H and O–H groups in total. The summed E-state index contributed by atoms with van der Waals surface area (Å²) in [5.74, 6) is 0.292. The second kappa shape index (κ2) is 8.77.